The van der Waals surface area contributed by atoms with Gasteiger partial charge in [0.05, 0.1) is 17.8 Å². The minimum absolute atomic E-state index is 0.0705. The third kappa shape index (κ3) is 3.28. The molecule has 1 aliphatic carbocycles. The first-order valence-corrected chi connectivity index (χ1v) is 7.03. The second-order valence-corrected chi connectivity index (χ2v) is 5.97. The molecular formula is C17H22O3. The van der Waals surface area contributed by atoms with Gasteiger partial charge in [0.25, 0.3) is 0 Å². The Morgan fingerprint density at radius 1 is 1.40 bits per heavy atom. The maximum Gasteiger partial charge on any atom is 0.338 e. The van der Waals surface area contributed by atoms with Gasteiger partial charge in [0.1, 0.15) is 0 Å². The Labute approximate surface area is 120 Å². The Morgan fingerprint density at radius 3 is 2.65 bits per heavy atom. The zero-order chi connectivity index (χ0) is 14.8. The Morgan fingerprint density at radius 2 is 2.05 bits per heavy atom. The van der Waals surface area contributed by atoms with Gasteiger partial charge in [-0.1, -0.05) is 36.8 Å². The summed E-state index contributed by atoms with van der Waals surface area (Å²) in [5.74, 6) is -0.114. The van der Waals surface area contributed by atoms with Gasteiger partial charge in [0.15, 0.2) is 0 Å². The second-order valence-electron chi connectivity index (χ2n) is 5.97. The van der Waals surface area contributed by atoms with Crippen molar-refractivity contribution >= 4 is 5.97 Å². The molecule has 3 atom stereocenters. The Bertz CT molecular complexity index is 502. The van der Waals surface area contributed by atoms with Crippen LogP contribution in [0.2, 0.25) is 0 Å². The summed E-state index contributed by atoms with van der Waals surface area (Å²) >= 11 is 0. The maximum atomic E-state index is 12.0. The minimum Gasteiger partial charge on any atom is -0.462 e. The number of hydrogen-bond acceptors (Lipinski definition) is 3. The van der Waals surface area contributed by atoms with Crippen LogP contribution in [0.15, 0.2) is 42.0 Å². The smallest absolute Gasteiger partial charge is 0.338 e. The Balaban J connectivity index is 2.02. The summed E-state index contributed by atoms with van der Waals surface area (Å²) in [4.78, 5) is 12.0. The lowest BCUT2D eigenvalue weighted by atomic mass is 9.72. The van der Waals surface area contributed by atoms with Crippen LogP contribution in [-0.2, 0) is 4.74 Å². The fraction of sp³-hybridized carbons (Fsp3) is 0.471. The number of allylic oxidation sites excluding steroid dienone is 1. The summed E-state index contributed by atoms with van der Waals surface area (Å²) < 4.78 is 5.38. The molecule has 0 fully saturated rings. The average molecular weight is 274 g/mol. The van der Waals surface area contributed by atoms with Crippen molar-refractivity contribution in [3.05, 3.63) is 47.5 Å². The molecule has 0 aromatic heterocycles. The first-order valence-electron chi connectivity index (χ1n) is 7.03. The lowest BCUT2D eigenvalue weighted by molar-refractivity contribution is -0.0288. The molecule has 20 heavy (non-hydrogen) atoms. The van der Waals surface area contributed by atoms with E-state index in [4.69, 9.17) is 4.74 Å². The Hall–Kier alpha value is -1.61. The van der Waals surface area contributed by atoms with Gasteiger partial charge >= 0.3 is 5.97 Å². The molecule has 2 rings (SSSR count). The first-order chi connectivity index (χ1) is 9.40. The summed E-state index contributed by atoms with van der Waals surface area (Å²) in [7, 11) is 0. The van der Waals surface area contributed by atoms with Gasteiger partial charge < -0.3 is 9.84 Å². The molecule has 0 spiro atoms. The van der Waals surface area contributed by atoms with Gasteiger partial charge in [-0.3, -0.25) is 0 Å². The molecule has 108 valence electrons. The Kier molecular flexibility index (Phi) is 4.29. The molecule has 3 heteroatoms. The van der Waals surface area contributed by atoms with E-state index < -0.39 is 5.60 Å². The van der Waals surface area contributed by atoms with Crippen LogP contribution >= 0.6 is 0 Å². The maximum absolute atomic E-state index is 12.0. The molecule has 0 amide bonds. The van der Waals surface area contributed by atoms with Gasteiger partial charge in [-0.05, 0) is 38.3 Å². The van der Waals surface area contributed by atoms with Crippen molar-refractivity contribution in [1.29, 1.82) is 0 Å². The largest absolute Gasteiger partial charge is 0.462 e. The van der Waals surface area contributed by atoms with Crippen molar-refractivity contribution in [2.75, 3.05) is 6.61 Å². The summed E-state index contributed by atoms with van der Waals surface area (Å²) in [5, 5.41) is 10.5. The van der Waals surface area contributed by atoms with E-state index in [2.05, 4.69) is 6.92 Å². The van der Waals surface area contributed by atoms with Crippen molar-refractivity contribution in [3.8, 4) is 0 Å². The zero-order valence-corrected chi connectivity index (χ0v) is 12.3. The van der Waals surface area contributed by atoms with Crippen molar-refractivity contribution in [1.82, 2.24) is 0 Å². The number of esters is 1. The van der Waals surface area contributed by atoms with Crippen LogP contribution in [0.5, 0.6) is 0 Å². The van der Waals surface area contributed by atoms with Gasteiger partial charge in [-0.2, -0.15) is 0 Å². The third-order valence-corrected chi connectivity index (χ3v) is 4.02. The SMILES string of the molecule is CC1=CC(C)(O)C(COC(=O)c2ccccc2)C(C)C1. The first kappa shape index (κ1) is 14.8. The molecular weight excluding hydrogens is 252 g/mol. The molecule has 0 bridgehead atoms. The lowest BCUT2D eigenvalue weighted by Gasteiger charge is -2.39. The molecule has 0 aliphatic heterocycles. The minimum atomic E-state index is -0.918. The fourth-order valence-corrected chi connectivity index (χ4v) is 3.05. The molecule has 1 aromatic rings. The molecule has 0 heterocycles. The molecule has 1 N–H and O–H groups in total. The monoisotopic (exact) mass is 274 g/mol. The lowest BCUT2D eigenvalue weighted by Crippen LogP contribution is -2.43. The van der Waals surface area contributed by atoms with E-state index in [1.165, 1.54) is 5.57 Å². The van der Waals surface area contributed by atoms with Gasteiger partial charge in [0.2, 0.25) is 0 Å². The highest BCUT2D eigenvalue weighted by Gasteiger charge is 2.38. The summed E-state index contributed by atoms with van der Waals surface area (Å²) in [6.45, 7) is 6.14. The molecule has 0 saturated carbocycles. The quantitative estimate of drug-likeness (QED) is 0.680. The normalized spacial score (nSPS) is 29.7. The van der Waals surface area contributed by atoms with Gasteiger partial charge in [0, 0.05) is 5.92 Å². The highest BCUT2D eigenvalue weighted by Crippen LogP contribution is 2.36. The number of benzene rings is 1. The molecule has 0 saturated heterocycles. The molecule has 3 unspecified atom stereocenters. The van der Waals surface area contributed by atoms with E-state index in [-0.39, 0.29) is 18.5 Å². The summed E-state index contributed by atoms with van der Waals surface area (Å²) in [6, 6.07) is 8.94. The van der Waals surface area contributed by atoms with Gasteiger partial charge in [-0.25, -0.2) is 4.79 Å². The van der Waals surface area contributed by atoms with Crippen molar-refractivity contribution in [2.45, 2.75) is 32.8 Å². The van der Waals surface area contributed by atoms with E-state index in [9.17, 15) is 9.90 Å². The third-order valence-electron chi connectivity index (χ3n) is 4.02. The van der Waals surface area contributed by atoms with E-state index >= 15 is 0 Å². The number of hydrogen-bond donors (Lipinski definition) is 1. The second kappa shape index (κ2) is 5.80. The van der Waals surface area contributed by atoms with Crippen molar-refractivity contribution < 1.29 is 14.6 Å². The predicted octanol–water partition coefficient (Wildman–Crippen LogP) is 3.20. The van der Waals surface area contributed by atoms with Crippen LogP contribution in [0.25, 0.3) is 0 Å². The van der Waals surface area contributed by atoms with Crippen molar-refractivity contribution in [3.63, 3.8) is 0 Å². The van der Waals surface area contributed by atoms with Crippen LogP contribution < -0.4 is 0 Å². The molecule has 0 radical (unpaired) electrons. The van der Waals surface area contributed by atoms with Crippen molar-refractivity contribution in [2.24, 2.45) is 11.8 Å². The van der Waals surface area contributed by atoms with Crippen LogP contribution in [-0.4, -0.2) is 23.3 Å². The average Bonchev–Trinajstić information content (AvgIpc) is 2.37. The van der Waals surface area contributed by atoms with E-state index in [0.29, 0.717) is 11.5 Å². The highest BCUT2D eigenvalue weighted by atomic mass is 16.5. The number of rotatable bonds is 3. The van der Waals surface area contributed by atoms with Gasteiger partial charge in [-0.15, -0.1) is 0 Å². The van der Waals surface area contributed by atoms with E-state index in [1.54, 1.807) is 19.1 Å². The standard InChI is InChI=1S/C17H22O3/c1-12-9-13(2)15(17(3,19)10-12)11-20-16(18)14-7-5-4-6-8-14/h4-8,10,13,15,19H,9,11H2,1-3H3. The topological polar surface area (TPSA) is 46.5 Å². The van der Waals surface area contributed by atoms with Crippen LogP contribution in [0.1, 0.15) is 37.6 Å². The summed E-state index contributed by atoms with van der Waals surface area (Å²) in [6.07, 6.45) is 2.82. The summed E-state index contributed by atoms with van der Waals surface area (Å²) in [5.41, 5.74) is 0.814. The predicted molar refractivity (Wildman–Crippen MR) is 78.4 cm³/mol. The van der Waals surface area contributed by atoms with Crippen LogP contribution in [0, 0.1) is 11.8 Å². The number of aliphatic hydroxyl groups is 1. The van der Waals surface area contributed by atoms with Crippen LogP contribution in [0.4, 0.5) is 0 Å². The highest BCUT2D eigenvalue weighted by molar-refractivity contribution is 5.89. The van der Waals surface area contributed by atoms with Crippen LogP contribution in [0.3, 0.4) is 0 Å². The van der Waals surface area contributed by atoms with E-state index in [1.807, 2.05) is 31.2 Å². The zero-order valence-electron chi connectivity index (χ0n) is 12.3. The number of carbonyl (C=O) groups excluding carboxylic acids is 1. The number of ether oxygens (including phenoxy) is 1. The molecule has 1 aromatic carbocycles. The number of carbonyl (C=O) groups is 1. The van der Waals surface area contributed by atoms with E-state index in [0.717, 1.165) is 6.42 Å². The molecule has 1 aliphatic rings. The molecule has 3 nitrogen and oxygen atoms in total. The fourth-order valence-electron chi connectivity index (χ4n) is 3.05.